The van der Waals surface area contributed by atoms with E-state index in [0.717, 1.165) is 5.69 Å². The van der Waals surface area contributed by atoms with Gasteiger partial charge in [-0.1, -0.05) is 0 Å². The zero-order valence-electron chi connectivity index (χ0n) is 11.3. The molecule has 4 nitrogen and oxygen atoms in total. The smallest absolute Gasteiger partial charge is 0.401 e. The Morgan fingerprint density at radius 2 is 1.85 bits per heavy atom. The summed E-state index contributed by atoms with van der Waals surface area (Å²) in [4.78, 5) is 3.41. The fourth-order valence-corrected chi connectivity index (χ4v) is 2.35. The lowest BCUT2D eigenvalue weighted by Crippen LogP contribution is -2.49. The number of nitrogens with two attached hydrogens (primary N) is 1. The normalized spacial score (nSPS) is 17.3. The summed E-state index contributed by atoms with van der Waals surface area (Å²) in [5.74, 6) is 0.668. The molecule has 0 spiro atoms. The zero-order valence-corrected chi connectivity index (χ0v) is 11.3. The minimum atomic E-state index is -4.14. The van der Waals surface area contributed by atoms with Crippen molar-refractivity contribution in [2.24, 2.45) is 0 Å². The van der Waals surface area contributed by atoms with Crippen molar-refractivity contribution in [1.82, 2.24) is 4.90 Å². The Balaban J connectivity index is 1.97. The maximum Gasteiger partial charge on any atom is 0.401 e. The number of anilines is 2. The number of ether oxygens (including phenoxy) is 1. The highest BCUT2D eigenvalue weighted by atomic mass is 19.4. The van der Waals surface area contributed by atoms with E-state index in [0.29, 0.717) is 37.6 Å². The highest BCUT2D eigenvalue weighted by Crippen LogP contribution is 2.28. The molecule has 20 heavy (non-hydrogen) atoms. The van der Waals surface area contributed by atoms with Crippen LogP contribution in [0.25, 0.3) is 0 Å². The first-order valence-electron chi connectivity index (χ1n) is 6.36. The van der Waals surface area contributed by atoms with Crippen LogP contribution in [0.4, 0.5) is 24.5 Å². The van der Waals surface area contributed by atoms with Gasteiger partial charge in [0.05, 0.1) is 25.0 Å². The fourth-order valence-electron chi connectivity index (χ4n) is 2.35. The van der Waals surface area contributed by atoms with Crippen molar-refractivity contribution in [2.45, 2.75) is 6.18 Å². The van der Waals surface area contributed by atoms with Crippen LogP contribution < -0.4 is 15.4 Å². The lowest BCUT2D eigenvalue weighted by atomic mass is 10.2. The van der Waals surface area contributed by atoms with Gasteiger partial charge in [0, 0.05) is 32.2 Å². The zero-order chi connectivity index (χ0) is 14.8. The van der Waals surface area contributed by atoms with Gasteiger partial charge in [0.15, 0.2) is 0 Å². The van der Waals surface area contributed by atoms with E-state index in [-0.39, 0.29) is 0 Å². The molecule has 0 saturated carbocycles. The Hall–Kier alpha value is -1.63. The molecule has 0 aromatic heterocycles. The summed E-state index contributed by atoms with van der Waals surface area (Å²) >= 11 is 0. The Bertz CT molecular complexity index is 457. The molecule has 0 radical (unpaired) electrons. The van der Waals surface area contributed by atoms with Crippen LogP contribution in [-0.4, -0.2) is 50.9 Å². The first-order chi connectivity index (χ1) is 9.39. The predicted octanol–water partition coefficient (Wildman–Crippen LogP) is 1.96. The number of nitrogen functional groups attached to an aromatic ring is 1. The standard InChI is InChI=1S/C13H18F3N3O/c1-20-10-2-3-12(11(17)8-10)19-6-4-18(5-7-19)9-13(14,15)16/h2-3,8H,4-7,9,17H2,1H3. The van der Waals surface area contributed by atoms with Crippen molar-refractivity contribution in [3.8, 4) is 5.75 Å². The van der Waals surface area contributed by atoms with Crippen molar-refractivity contribution in [1.29, 1.82) is 0 Å². The Morgan fingerprint density at radius 3 is 2.35 bits per heavy atom. The maximum absolute atomic E-state index is 12.3. The third kappa shape index (κ3) is 3.69. The van der Waals surface area contributed by atoms with Gasteiger partial charge >= 0.3 is 6.18 Å². The van der Waals surface area contributed by atoms with Gasteiger partial charge in [0.25, 0.3) is 0 Å². The highest BCUT2D eigenvalue weighted by Gasteiger charge is 2.32. The molecular formula is C13H18F3N3O. The lowest BCUT2D eigenvalue weighted by molar-refractivity contribution is -0.146. The van der Waals surface area contributed by atoms with Crippen LogP contribution in [0.15, 0.2) is 18.2 Å². The van der Waals surface area contributed by atoms with E-state index in [9.17, 15) is 13.2 Å². The predicted molar refractivity (Wildman–Crippen MR) is 72.1 cm³/mol. The average molecular weight is 289 g/mol. The van der Waals surface area contributed by atoms with E-state index in [1.165, 1.54) is 4.90 Å². The summed E-state index contributed by atoms with van der Waals surface area (Å²) in [5.41, 5.74) is 7.37. The number of piperazine rings is 1. The van der Waals surface area contributed by atoms with Gasteiger partial charge in [-0.3, -0.25) is 4.90 Å². The first kappa shape index (κ1) is 14.8. The quantitative estimate of drug-likeness (QED) is 0.864. The number of methoxy groups -OCH3 is 1. The molecule has 1 aromatic rings. The van der Waals surface area contributed by atoms with E-state index < -0.39 is 12.7 Å². The summed E-state index contributed by atoms with van der Waals surface area (Å²) in [7, 11) is 1.56. The number of rotatable bonds is 3. The molecule has 0 unspecified atom stereocenters. The second-order valence-corrected chi connectivity index (χ2v) is 4.80. The molecule has 1 heterocycles. The molecule has 0 atom stereocenters. The highest BCUT2D eigenvalue weighted by molar-refractivity contribution is 5.69. The SMILES string of the molecule is COc1ccc(N2CCN(CC(F)(F)F)CC2)c(N)c1. The van der Waals surface area contributed by atoms with Crippen LogP contribution in [0.5, 0.6) is 5.75 Å². The van der Waals surface area contributed by atoms with Crippen LogP contribution in [0.3, 0.4) is 0 Å². The maximum atomic E-state index is 12.3. The van der Waals surface area contributed by atoms with Gasteiger partial charge < -0.3 is 15.4 Å². The van der Waals surface area contributed by atoms with E-state index in [1.54, 1.807) is 19.2 Å². The molecule has 7 heteroatoms. The summed E-state index contributed by atoms with van der Waals surface area (Å²) in [5, 5.41) is 0. The molecule has 2 N–H and O–H groups in total. The monoisotopic (exact) mass is 289 g/mol. The van der Waals surface area contributed by atoms with Crippen LogP contribution in [0, 0.1) is 0 Å². The third-order valence-electron chi connectivity index (χ3n) is 3.35. The first-order valence-corrected chi connectivity index (χ1v) is 6.36. The van der Waals surface area contributed by atoms with Gasteiger partial charge in [-0.15, -0.1) is 0 Å². The number of alkyl halides is 3. The molecule has 0 bridgehead atoms. The van der Waals surface area contributed by atoms with E-state index >= 15 is 0 Å². The molecular weight excluding hydrogens is 271 g/mol. The molecule has 0 aliphatic carbocycles. The topological polar surface area (TPSA) is 41.7 Å². The molecule has 1 aliphatic rings. The molecule has 0 amide bonds. The minimum absolute atomic E-state index is 0.380. The molecule has 2 rings (SSSR count). The number of halogens is 3. The van der Waals surface area contributed by atoms with Crippen molar-refractivity contribution < 1.29 is 17.9 Å². The van der Waals surface area contributed by atoms with Crippen LogP contribution in [0.2, 0.25) is 0 Å². The number of hydrogen-bond donors (Lipinski definition) is 1. The summed E-state index contributed by atoms with van der Waals surface area (Å²) in [6, 6.07) is 5.36. The Morgan fingerprint density at radius 1 is 1.20 bits per heavy atom. The van der Waals surface area contributed by atoms with Crippen LogP contribution in [0.1, 0.15) is 0 Å². The Labute approximate surface area is 115 Å². The lowest BCUT2D eigenvalue weighted by Gasteiger charge is -2.36. The number of hydrogen-bond acceptors (Lipinski definition) is 4. The third-order valence-corrected chi connectivity index (χ3v) is 3.35. The van der Waals surface area contributed by atoms with Gasteiger partial charge in [-0.2, -0.15) is 13.2 Å². The van der Waals surface area contributed by atoms with Crippen LogP contribution >= 0.6 is 0 Å². The van der Waals surface area contributed by atoms with E-state index in [2.05, 4.69) is 0 Å². The molecule has 1 aliphatic heterocycles. The van der Waals surface area contributed by atoms with E-state index in [4.69, 9.17) is 10.5 Å². The average Bonchev–Trinajstić information content (AvgIpc) is 2.38. The van der Waals surface area contributed by atoms with Gasteiger partial charge in [0.1, 0.15) is 5.75 Å². The van der Waals surface area contributed by atoms with Gasteiger partial charge in [-0.25, -0.2) is 0 Å². The van der Waals surface area contributed by atoms with Crippen molar-refractivity contribution >= 4 is 11.4 Å². The second-order valence-electron chi connectivity index (χ2n) is 4.80. The number of benzene rings is 1. The number of nitrogens with zero attached hydrogens (tertiary/aromatic N) is 2. The van der Waals surface area contributed by atoms with Crippen molar-refractivity contribution in [3.05, 3.63) is 18.2 Å². The molecule has 112 valence electrons. The molecule has 1 fully saturated rings. The minimum Gasteiger partial charge on any atom is -0.497 e. The molecule has 1 saturated heterocycles. The van der Waals surface area contributed by atoms with Gasteiger partial charge in [-0.05, 0) is 12.1 Å². The van der Waals surface area contributed by atoms with Crippen molar-refractivity contribution in [2.75, 3.05) is 50.5 Å². The largest absolute Gasteiger partial charge is 0.497 e. The summed E-state index contributed by atoms with van der Waals surface area (Å²) in [6.07, 6.45) is -4.14. The summed E-state index contributed by atoms with van der Waals surface area (Å²) in [6.45, 7) is 0.980. The summed E-state index contributed by atoms with van der Waals surface area (Å²) < 4.78 is 42.0. The van der Waals surface area contributed by atoms with Gasteiger partial charge in [0.2, 0.25) is 0 Å². The van der Waals surface area contributed by atoms with E-state index in [1.807, 2.05) is 11.0 Å². The Kier molecular flexibility index (Phi) is 4.27. The van der Waals surface area contributed by atoms with Crippen molar-refractivity contribution in [3.63, 3.8) is 0 Å². The molecule has 1 aromatic carbocycles. The second kappa shape index (κ2) is 5.78. The fraction of sp³-hybridized carbons (Fsp3) is 0.538. The van der Waals surface area contributed by atoms with Crippen LogP contribution in [-0.2, 0) is 0 Å².